The summed E-state index contributed by atoms with van der Waals surface area (Å²) in [5.74, 6) is 1.29. The van der Waals surface area contributed by atoms with Crippen LogP contribution in [0.3, 0.4) is 0 Å². The highest BCUT2D eigenvalue weighted by atomic mass is 16.5. The number of carbonyl (C=O) groups excluding carboxylic acids is 1. The first-order chi connectivity index (χ1) is 12.8. The molecule has 1 unspecified atom stereocenters. The first kappa shape index (κ1) is 16.1. The molecule has 138 valence electrons. The molecule has 7 heteroatoms. The van der Waals surface area contributed by atoms with Gasteiger partial charge in [0.1, 0.15) is 11.9 Å². The Morgan fingerprint density at radius 2 is 2.19 bits per heavy atom. The van der Waals surface area contributed by atoms with Gasteiger partial charge in [0.2, 0.25) is 0 Å². The number of amides is 1. The third kappa shape index (κ3) is 2.95. The van der Waals surface area contributed by atoms with E-state index in [0.717, 1.165) is 49.3 Å². The van der Waals surface area contributed by atoms with Crippen molar-refractivity contribution in [3.63, 3.8) is 0 Å². The molecular formula is C19H24N4O3. The summed E-state index contributed by atoms with van der Waals surface area (Å²) in [6, 6.07) is 5.96. The molecule has 1 aromatic heterocycles. The zero-order valence-electron chi connectivity index (χ0n) is 14.7. The highest BCUT2D eigenvalue weighted by Gasteiger charge is 2.35. The van der Waals surface area contributed by atoms with E-state index >= 15 is 0 Å². The molecule has 2 bridgehead atoms. The lowest BCUT2D eigenvalue weighted by Gasteiger charge is -2.44. The summed E-state index contributed by atoms with van der Waals surface area (Å²) in [6.45, 7) is 4.67. The van der Waals surface area contributed by atoms with Gasteiger partial charge in [0.15, 0.2) is 5.69 Å². The molecule has 4 aliphatic rings. The van der Waals surface area contributed by atoms with E-state index in [0.29, 0.717) is 18.2 Å². The quantitative estimate of drug-likeness (QED) is 0.869. The fraction of sp³-hybridized carbons (Fsp3) is 0.579. The summed E-state index contributed by atoms with van der Waals surface area (Å²) in [5.41, 5.74) is 1.28. The van der Waals surface area contributed by atoms with Crippen LogP contribution in [-0.2, 0) is 4.74 Å². The number of ether oxygens (including phenoxy) is 2. The molecule has 2 aromatic rings. The van der Waals surface area contributed by atoms with Crippen LogP contribution >= 0.6 is 0 Å². The second kappa shape index (κ2) is 6.55. The molecule has 1 amide bonds. The van der Waals surface area contributed by atoms with E-state index in [-0.39, 0.29) is 18.1 Å². The Morgan fingerprint density at radius 1 is 1.31 bits per heavy atom. The Kier molecular flexibility index (Phi) is 4.05. The minimum atomic E-state index is -0.0899. The Hall–Kier alpha value is -2.12. The SMILES string of the molecule is O=C(NC1CN2CCC1CC2)c1n[nH]c2cc(O[C@H]3CCOC3)ccc12. The van der Waals surface area contributed by atoms with Gasteiger partial charge in [-0.15, -0.1) is 0 Å². The molecule has 0 spiro atoms. The maximum absolute atomic E-state index is 12.8. The number of hydrogen-bond acceptors (Lipinski definition) is 5. The van der Waals surface area contributed by atoms with Crippen molar-refractivity contribution in [3.8, 4) is 5.75 Å². The van der Waals surface area contributed by atoms with Crippen LogP contribution in [0, 0.1) is 5.92 Å². The number of fused-ring (bicyclic) bond motifs is 4. The Labute approximate surface area is 152 Å². The highest BCUT2D eigenvalue weighted by molar-refractivity contribution is 6.05. The zero-order chi connectivity index (χ0) is 17.5. The van der Waals surface area contributed by atoms with Crippen LogP contribution in [0.15, 0.2) is 18.2 Å². The van der Waals surface area contributed by atoms with Crippen LogP contribution in [0.4, 0.5) is 0 Å². The van der Waals surface area contributed by atoms with E-state index < -0.39 is 0 Å². The van der Waals surface area contributed by atoms with E-state index in [1.165, 1.54) is 12.8 Å². The van der Waals surface area contributed by atoms with Gasteiger partial charge in [-0.25, -0.2) is 0 Å². The molecule has 6 rings (SSSR count). The Morgan fingerprint density at radius 3 is 2.92 bits per heavy atom. The number of rotatable bonds is 4. The maximum atomic E-state index is 12.8. The molecule has 0 radical (unpaired) electrons. The summed E-state index contributed by atoms with van der Waals surface area (Å²) < 4.78 is 11.3. The second-order valence-corrected chi connectivity index (χ2v) is 7.60. The van der Waals surface area contributed by atoms with Gasteiger partial charge in [0, 0.05) is 30.5 Å². The number of nitrogens with zero attached hydrogens (tertiary/aromatic N) is 2. The highest BCUT2D eigenvalue weighted by Crippen LogP contribution is 2.28. The standard InChI is InChI=1S/C19H24N4O3/c24-19(20-17-10-23-6-3-12(17)4-7-23)18-15-2-1-13(9-16(15)21-22-18)26-14-5-8-25-11-14/h1-2,9,12,14,17H,3-8,10-11H2,(H,20,24)(H,21,22)/t14-,17?/m0/s1. The van der Waals surface area contributed by atoms with Crippen LogP contribution in [0.5, 0.6) is 5.75 Å². The fourth-order valence-electron chi connectivity index (χ4n) is 4.41. The normalized spacial score (nSPS) is 30.6. The van der Waals surface area contributed by atoms with E-state index in [9.17, 15) is 4.79 Å². The Balaban J connectivity index is 1.31. The minimum Gasteiger partial charge on any atom is -0.488 e. The van der Waals surface area contributed by atoms with E-state index in [2.05, 4.69) is 20.4 Å². The lowest BCUT2D eigenvalue weighted by molar-refractivity contribution is 0.0618. The Bertz CT molecular complexity index is 806. The molecule has 26 heavy (non-hydrogen) atoms. The number of aromatic nitrogens is 2. The first-order valence-corrected chi connectivity index (χ1v) is 9.52. The van der Waals surface area contributed by atoms with Crippen molar-refractivity contribution in [1.29, 1.82) is 0 Å². The van der Waals surface area contributed by atoms with Gasteiger partial charge >= 0.3 is 0 Å². The molecular weight excluding hydrogens is 332 g/mol. The van der Waals surface area contributed by atoms with Crippen molar-refractivity contribution in [2.75, 3.05) is 32.8 Å². The molecule has 5 heterocycles. The van der Waals surface area contributed by atoms with Crippen molar-refractivity contribution in [2.45, 2.75) is 31.4 Å². The van der Waals surface area contributed by atoms with Gasteiger partial charge < -0.3 is 19.7 Å². The van der Waals surface area contributed by atoms with Crippen LogP contribution in [0.25, 0.3) is 10.9 Å². The third-order valence-electron chi connectivity index (χ3n) is 5.91. The molecule has 4 saturated heterocycles. The molecule has 4 aliphatic heterocycles. The number of benzene rings is 1. The summed E-state index contributed by atoms with van der Waals surface area (Å²) >= 11 is 0. The van der Waals surface area contributed by atoms with Crippen molar-refractivity contribution in [1.82, 2.24) is 20.4 Å². The van der Waals surface area contributed by atoms with Crippen LogP contribution in [0.1, 0.15) is 29.8 Å². The number of hydrogen-bond donors (Lipinski definition) is 2. The molecule has 0 aliphatic carbocycles. The minimum absolute atomic E-state index is 0.0899. The van der Waals surface area contributed by atoms with Crippen LogP contribution in [0.2, 0.25) is 0 Å². The van der Waals surface area contributed by atoms with Crippen molar-refractivity contribution >= 4 is 16.8 Å². The van der Waals surface area contributed by atoms with E-state index in [1.807, 2.05) is 18.2 Å². The molecule has 7 nitrogen and oxygen atoms in total. The van der Waals surface area contributed by atoms with Gasteiger partial charge in [0.25, 0.3) is 5.91 Å². The number of piperidine rings is 3. The zero-order valence-corrected chi connectivity index (χ0v) is 14.7. The average molecular weight is 356 g/mol. The van der Waals surface area contributed by atoms with Crippen molar-refractivity contribution < 1.29 is 14.3 Å². The van der Waals surface area contributed by atoms with Gasteiger partial charge in [0.05, 0.1) is 18.7 Å². The topological polar surface area (TPSA) is 79.5 Å². The fourth-order valence-corrected chi connectivity index (χ4v) is 4.41. The van der Waals surface area contributed by atoms with Crippen LogP contribution in [-0.4, -0.2) is 66.0 Å². The van der Waals surface area contributed by atoms with Gasteiger partial charge in [-0.2, -0.15) is 5.10 Å². The average Bonchev–Trinajstić information content (AvgIpc) is 3.32. The molecule has 4 fully saturated rings. The number of aromatic amines is 1. The number of nitrogens with one attached hydrogen (secondary N) is 2. The summed E-state index contributed by atoms with van der Waals surface area (Å²) in [4.78, 5) is 15.2. The summed E-state index contributed by atoms with van der Waals surface area (Å²) in [5, 5.41) is 11.3. The van der Waals surface area contributed by atoms with Gasteiger partial charge in [-0.3, -0.25) is 9.89 Å². The monoisotopic (exact) mass is 356 g/mol. The first-order valence-electron chi connectivity index (χ1n) is 9.52. The van der Waals surface area contributed by atoms with E-state index in [4.69, 9.17) is 9.47 Å². The van der Waals surface area contributed by atoms with Crippen molar-refractivity contribution in [2.24, 2.45) is 5.92 Å². The maximum Gasteiger partial charge on any atom is 0.272 e. The summed E-state index contributed by atoms with van der Waals surface area (Å²) in [6.07, 6.45) is 3.37. The molecule has 1 aromatic carbocycles. The van der Waals surface area contributed by atoms with Crippen LogP contribution < -0.4 is 10.1 Å². The lowest BCUT2D eigenvalue weighted by atomic mass is 9.84. The van der Waals surface area contributed by atoms with Gasteiger partial charge in [-0.1, -0.05) is 0 Å². The molecule has 0 saturated carbocycles. The van der Waals surface area contributed by atoms with Gasteiger partial charge in [-0.05, 0) is 44.0 Å². The predicted molar refractivity (Wildman–Crippen MR) is 96.4 cm³/mol. The van der Waals surface area contributed by atoms with E-state index in [1.54, 1.807) is 0 Å². The largest absolute Gasteiger partial charge is 0.488 e. The van der Waals surface area contributed by atoms with Crippen molar-refractivity contribution in [3.05, 3.63) is 23.9 Å². The molecule has 2 atom stereocenters. The lowest BCUT2D eigenvalue weighted by Crippen LogP contribution is -2.57. The number of H-pyrrole nitrogens is 1. The number of carbonyl (C=O) groups is 1. The molecule has 2 N–H and O–H groups in total. The second-order valence-electron chi connectivity index (χ2n) is 7.60. The smallest absolute Gasteiger partial charge is 0.272 e. The predicted octanol–water partition coefficient (Wildman–Crippen LogP) is 1.55. The summed E-state index contributed by atoms with van der Waals surface area (Å²) in [7, 11) is 0. The third-order valence-corrected chi connectivity index (χ3v) is 5.91.